The highest BCUT2D eigenvalue weighted by molar-refractivity contribution is 6.00. The minimum atomic E-state index is -1.16. The van der Waals surface area contributed by atoms with Crippen molar-refractivity contribution in [1.82, 2.24) is 4.98 Å². The van der Waals surface area contributed by atoms with E-state index >= 15 is 0 Å². The van der Waals surface area contributed by atoms with Gasteiger partial charge in [0.25, 0.3) is 0 Å². The van der Waals surface area contributed by atoms with Crippen molar-refractivity contribution in [2.75, 3.05) is 24.2 Å². The van der Waals surface area contributed by atoms with Crippen LogP contribution in [0.4, 0.5) is 11.4 Å². The van der Waals surface area contributed by atoms with Gasteiger partial charge in [-0.3, -0.25) is 4.98 Å². The molecular weight excluding hydrogens is 242 g/mol. The molecular formula is C14H19N3O2. The van der Waals surface area contributed by atoms with Gasteiger partial charge in [0.2, 0.25) is 0 Å². The van der Waals surface area contributed by atoms with E-state index < -0.39 is 5.60 Å². The van der Waals surface area contributed by atoms with Crippen molar-refractivity contribution >= 4 is 22.1 Å². The minimum Gasteiger partial charge on any atom is -0.398 e. The standard InChI is InChI=1S/C14H19N3O2/c1-9-5-10-11(6-16-9)12(15)3-4-13(10)17-7-14(2,19)8-18/h3-6,17-19H,7-8,15H2,1-2H3. The molecule has 5 heteroatoms. The summed E-state index contributed by atoms with van der Waals surface area (Å²) in [5.41, 5.74) is 7.20. The number of pyridine rings is 1. The number of nitrogens with one attached hydrogen (secondary N) is 1. The summed E-state index contributed by atoms with van der Waals surface area (Å²) >= 11 is 0. The normalized spacial score (nSPS) is 14.3. The molecule has 2 aromatic rings. The number of benzene rings is 1. The molecule has 0 aliphatic carbocycles. The number of nitrogens with zero attached hydrogens (tertiary/aromatic N) is 1. The molecule has 19 heavy (non-hydrogen) atoms. The predicted octanol–water partition coefficient (Wildman–Crippen LogP) is 1.28. The van der Waals surface area contributed by atoms with Gasteiger partial charge in [-0.05, 0) is 32.0 Å². The molecule has 1 unspecified atom stereocenters. The zero-order chi connectivity index (χ0) is 14.0. The second kappa shape index (κ2) is 5.03. The molecule has 0 bridgehead atoms. The maximum Gasteiger partial charge on any atom is 0.102 e. The summed E-state index contributed by atoms with van der Waals surface area (Å²) in [4.78, 5) is 4.24. The van der Waals surface area contributed by atoms with E-state index in [1.807, 2.05) is 19.1 Å². The number of fused-ring (bicyclic) bond motifs is 1. The molecule has 0 amide bonds. The van der Waals surface area contributed by atoms with E-state index in [0.29, 0.717) is 5.69 Å². The fraction of sp³-hybridized carbons (Fsp3) is 0.357. The van der Waals surface area contributed by atoms with Crippen LogP contribution in [0.3, 0.4) is 0 Å². The zero-order valence-electron chi connectivity index (χ0n) is 11.1. The number of aryl methyl sites for hydroxylation is 1. The molecule has 5 N–H and O–H groups in total. The highest BCUT2D eigenvalue weighted by atomic mass is 16.3. The Kier molecular flexibility index (Phi) is 3.59. The van der Waals surface area contributed by atoms with E-state index in [1.54, 1.807) is 19.2 Å². The Balaban J connectivity index is 2.38. The lowest BCUT2D eigenvalue weighted by Gasteiger charge is -2.22. The van der Waals surface area contributed by atoms with E-state index in [0.717, 1.165) is 22.2 Å². The molecule has 1 aromatic carbocycles. The van der Waals surface area contributed by atoms with Crippen molar-refractivity contribution in [1.29, 1.82) is 0 Å². The van der Waals surface area contributed by atoms with Crippen LogP contribution < -0.4 is 11.1 Å². The second-order valence-electron chi connectivity index (χ2n) is 5.08. The monoisotopic (exact) mass is 261 g/mol. The van der Waals surface area contributed by atoms with E-state index in [1.165, 1.54) is 0 Å². The average Bonchev–Trinajstić information content (AvgIpc) is 2.38. The van der Waals surface area contributed by atoms with E-state index in [4.69, 9.17) is 10.8 Å². The zero-order valence-corrected chi connectivity index (χ0v) is 11.1. The summed E-state index contributed by atoms with van der Waals surface area (Å²) in [6.07, 6.45) is 1.75. The van der Waals surface area contributed by atoms with Gasteiger partial charge >= 0.3 is 0 Å². The number of aromatic nitrogens is 1. The quantitative estimate of drug-likeness (QED) is 0.622. The molecule has 0 radical (unpaired) electrons. The first-order valence-corrected chi connectivity index (χ1v) is 6.15. The molecule has 2 rings (SSSR count). The van der Waals surface area contributed by atoms with E-state index in [2.05, 4.69) is 10.3 Å². The van der Waals surface area contributed by atoms with Crippen LogP contribution in [0.1, 0.15) is 12.6 Å². The van der Waals surface area contributed by atoms with Gasteiger partial charge in [0.15, 0.2) is 0 Å². The van der Waals surface area contributed by atoms with Crippen LogP contribution in [0.25, 0.3) is 10.8 Å². The highest BCUT2D eigenvalue weighted by Gasteiger charge is 2.18. The smallest absolute Gasteiger partial charge is 0.102 e. The van der Waals surface area contributed by atoms with Gasteiger partial charge in [-0.25, -0.2) is 0 Å². The van der Waals surface area contributed by atoms with Crippen molar-refractivity contribution in [3.8, 4) is 0 Å². The molecule has 0 aliphatic heterocycles. The summed E-state index contributed by atoms with van der Waals surface area (Å²) in [6.45, 7) is 3.44. The number of aliphatic hydroxyl groups excluding tert-OH is 1. The SMILES string of the molecule is Cc1cc2c(NCC(C)(O)CO)ccc(N)c2cn1. The summed E-state index contributed by atoms with van der Waals surface area (Å²) in [5, 5.41) is 23.8. The first-order chi connectivity index (χ1) is 8.93. The summed E-state index contributed by atoms with van der Waals surface area (Å²) < 4.78 is 0. The lowest BCUT2D eigenvalue weighted by molar-refractivity contribution is 0.0132. The van der Waals surface area contributed by atoms with Crippen LogP contribution in [0.5, 0.6) is 0 Å². The van der Waals surface area contributed by atoms with Crippen LogP contribution in [-0.2, 0) is 0 Å². The molecule has 0 aliphatic rings. The third-order valence-corrected chi connectivity index (χ3v) is 3.07. The Hall–Kier alpha value is -1.85. The average molecular weight is 261 g/mol. The maximum absolute atomic E-state index is 9.82. The first-order valence-electron chi connectivity index (χ1n) is 6.15. The Morgan fingerprint density at radius 1 is 1.37 bits per heavy atom. The predicted molar refractivity (Wildman–Crippen MR) is 77.1 cm³/mol. The molecule has 0 saturated heterocycles. The van der Waals surface area contributed by atoms with Gasteiger partial charge < -0.3 is 21.3 Å². The number of hydrogen-bond acceptors (Lipinski definition) is 5. The van der Waals surface area contributed by atoms with Gasteiger partial charge in [-0.15, -0.1) is 0 Å². The lowest BCUT2D eigenvalue weighted by Crippen LogP contribution is -2.37. The fourth-order valence-corrected chi connectivity index (χ4v) is 1.86. The van der Waals surface area contributed by atoms with Gasteiger partial charge in [-0.2, -0.15) is 0 Å². The molecule has 0 saturated carbocycles. The molecule has 102 valence electrons. The molecule has 5 nitrogen and oxygen atoms in total. The van der Waals surface area contributed by atoms with Crippen LogP contribution in [0.2, 0.25) is 0 Å². The summed E-state index contributed by atoms with van der Waals surface area (Å²) in [7, 11) is 0. The van der Waals surface area contributed by atoms with Crippen molar-refractivity contribution in [3.05, 3.63) is 30.1 Å². The third kappa shape index (κ3) is 2.94. The first kappa shape index (κ1) is 13.6. The third-order valence-electron chi connectivity index (χ3n) is 3.07. The Labute approximate surface area is 112 Å². The van der Waals surface area contributed by atoms with Gasteiger partial charge in [0.1, 0.15) is 5.60 Å². The van der Waals surface area contributed by atoms with Crippen LogP contribution >= 0.6 is 0 Å². The molecule has 1 atom stereocenters. The molecule has 0 fully saturated rings. The number of hydrogen-bond donors (Lipinski definition) is 4. The Morgan fingerprint density at radius 3 is 2.79 bits per heavy atom. The Bertz CT molecular complexity index is 597. The van der Waals surface area contributed by atoms with Crippen molar-refractivity contribution < 1.29 is 10.2 Å². The molecule has 1 aromatic heterocycles. The lowest BCUT2D eigenvalue weighted by atomic mass is 10.1. The minimum absolute atomic E-state index is 0.254. The number of anilines is 2. The van der Waals surface area contributed by atoms with E-state index in [-0.39, 0.29) is 13.2 Å². The topological polar surface area (TPSA) is 91.4 Å². The maximum atomic E-state index is 9.82. The van der Waals surface area contributed by atoms with Gasteiger partial charge in [0, 0.05) is 40.6 Å². The number of aliphatic hydroxyl groups is 2. The highest BCUT2D eigenvalue weighted by Crippen LogP contribution is 2.28. The Morgan fingerprint density at radius 2 is 2.11 bits per heavy atom. The van der Waals surface area contributed by atoms with Crippen LogP contribution in [0, 0.1) is 6.92 Å². The summed E-state index contributed by atoms with van der Waals surface area (Å²) in [5.74, 6) is 0. The van der Waals surface area contributed by atoms with Crippen molar-refractivity contribution in [3.63, 3.8) is 0 Å². The largest absolute Gasteiger partial charge is 0.398 e. The van der Waals surface area contributed by atoms with Gasteiger partial charge in [0.05, 0.1) is 6.61 Å². The van der Waals surface area contributed by atoms with Crippen LogP contribution in [-0.4, -0.2) is 33.9 Å². The van der Waals surface area contributed by atoms with Crippen molar-refractivity contribution in [2.24, 2.45) is 0 Å². The second-order valence-corrected chi connectivity index (χ2v) is 5.08. The van der Waals surface area contributed by atoms with Crippen LogP contribution in [0.15, 0.2) is 24.4 Å². The van der Waals surface area contributed by atoms with Gasteiger partial charge in [-0.1, -0.05) is 0 Å². The number of nitrogens with two attached hydrogens (primary N) is 1. The summed E-state index contributed by atoms with van der Waals surface area (Å²) in [6, 6.07) is 5.61. The number of rotatable bonds is 4. The number of nitrogen functional groups attached to an aromatic ring is 1. The van der Waals surface area contributed by atoms with E-state index in [9.17, 15) is 5.11 Å². The van der Waals surface area contributed by atoms with Crippen molar-refractivity contribution in [2.45, 2.75) is 19.4 Å². The fourth-order valence-electron chi connectivity index (χ4n) is 1.86. The molecule has 1 heterocycles. The molecule has 0 spiro atoms.